The van der Waals surface area contributed by atoms with Crippen molar-refractivity contribution in [3.05, 3.63) is 65.7 Å². The monoisotopic (exact) mass is 421 g/mol. The van der Waals surface area contributed by atoms with E-state index in [1.807, 2.05) is 49.5 Å². The average molecular weight is 422 g/mol. The molecule has 2 aromatic rings. The van der Waals surface area contributed by atoms with Crippen molar-refractivity contribution in [1.82, 2.24) is 9.80 Å². The number of urea groups is 1. The Labute approximate surface area is 184 Å². The number of anilines is 1. The largest absolute Gasteiger partial charge is 0.467 e. The van der Waals surface area contributed by atoms with Gasteiger partial charge in [-0.05, 0) is 43.1 Å². The lowest BCUT2D eigenvalue weighted by atomic mass is 10.0. The molecule has 4 rings (SSSR count). The van der Waals surface area contributed by atoms with E-state index in [0.717, 1.165) is 36.4 Å². The molecule has 6 heteroatoms. The lowest BCUT2D eigenvalue weighted by molar-refractivity contribution is -0.141. The highest BCUT2D eigenvalue weighted by Gasteiger charge is 2.41. The Morgan fingerprint density at radius 3 is 2.42 bits per heavy atom. The van der Waals surface area contributed by atoms with Crippen LogP contribution in [0.25, 0.3) is 0 Å². The van der Waals surface area contributed by atoms with Gasteiger partial charge in [0.1, 0.15) is 6.04 Å². The Morgan fingerprint density at radius 2 is 1.71 bits per heavy atom. The van der Waals surface area contributed by atoms with Gasteiger partial charge in [0.15, 0.2) is 0 Å². The van der Waals surface area contributed by atoms with Crippen LogP contribution >= 0.6 is 0 Å². The fraction of sp³-hybridized carbons (Fsp3) is 0.440. The van der Waals surface area contributed by atoms with Crippen molar-refractivity contribution in [2.75, 3.05) is 38.7 Å². The van der Waals surface area contributed by atoms with Crippen molar-refractivity contribution in [1.29, 1.82) is 0 Å². The van der Waals surface area contributed by atoms with E-state index in [1.54, 1.807) is 9.80 Å². The van der Waals surface area contributed by atoms with Gasteiger partial charge in [0, 0.05) is 25.7 Å². The van der Waals surface area contributed by atoms with E-state index < -0.39 is 6.04 Å². The Balaban J connectivity index is 1.64. The van der Waals surface area contributed by atoms with E-state index in [0.29, 0.717) is 6.42 Å². The summed E-state index contributed by atoms with van der Waals surface area (Å²) in [4.78, 5) is 32.2. The molecule has 2 aliphatic rings. The average Bonchev–Trinajstić information content (AvgIpc) is 3.22. The SMILES string of the molecule is COC(=O)C1Cc2ccccc2N1C(=O)N(C)[C@@H](CN1CCCCC1)c1ccccc1. The number of methoxy groups -OCH3 is 1. The lowest BCUT2D eigenvalue weighted by Crippen LogP contribution is -2.51. The third kappa shape index (κ3) is 4.44. The number of para-hydroxylation sites is 1. The first-order valence-electron chi connectivity index (χ1n) is 11.1. The van der Waals surface area contributed by atoms with Crippen LogP contribution in [0.15, 0.2) is 54.6 Å². The number of rotatable bonds is 5. The molecular formula is C25H31N3O3. The van der Waals surface area contributed by atoms with Crippen molar-refractivity contribution in [2.24, 2.45) is 0 Å². The van der Waals surface area contributed by atoms with E-state index in [2.05, 4.69) is 17.0 Å². The van der Waals surface area contributed by atoms with E-state index in [1.165, 1.54) is 26.4 Å². The highest BCUT2D eigenvalue weighted by atomic mass is 16.5. The molecular weight excluding hydrogens is 390 g/mol. The second-order valence-electron chi connectivity index (χ2n) is 8.42. The molecule has 2 aliphatic heterocycles. The third-order valence-electron chi connectivity index (χ3n) is 6.49. The maximum Gasteiger partial charge on any atom is 0.329 e. The maximum atomic E-state index is 13.8. The third-order valence-corrected chi connectivity index (χ3v) is 6.49. The molecule has 1 fully saturated rings. The van der Waals surface area contributed by atoms with E-state index >= 15 is 0 Å². The summed E-state index contributed by atoms with van der Waals surface area (Å²) in [7, 11) is 3.22. The van der Waals surface area contributed by atoms with E-state index in [4.69, 9.17) is 4.74 Å². The number of likely N-dealkylation sites (tertiary alicyclic amines) is 1. The van der Waals surface area contributed by atoms with Crippen LogP contribution in [0.1, 0.15) is 36.4 Å². The molecule has 0 N–H and O–H groups in total. The number of likely N-dealkylation sites (N-methyl/N-ethyl adjacent to an activating group) is 1. The van der Waals surface area contributed by atoms with E-state index in [-0.39, 0.29) is 18.0 Å². The summed E-state index contributed by atoms with van der Waals surface area (Å²) in [5.74, 6) is -0.384. The van der Waals surface area contributed by atoms with Gasteiger partial charge in [0.05, 0.1) is 13.2 Å². The Morgan fingerprint density at radius 1 is 1.03 bits per heavy atom. The highest BCUT2D eigenvalue weighted by molar-refractivity contribution is 6.01. The summed E-state index contributed by atoms with van der Waals surface area (Å²) in [5, 5.41) is 0. The van der Waals surface area contributed by atoms with Gasteiger partial charge in [-0.2, -0.15) is 0 Å². The topological polar surface area (TPSA) is 53.1 Å². The van der Waals surface area contributed by atoms with Crippen LogP contribution in [0.2, 0.25) is 0 Å². The summed E-state index contributed by atoms with van der Waals surface area (Å²) < 4.78 is 5.03. The smallest absolute Gasteiger partial charge is 0.329 e. The standard InChI is InChI=1S/C25H31N3O3/c1-26(23(19-11-5-3-6-12-19)18-27-15-9-4-10-16-27)25(30)28-21-14-8-7-13-20(21)17-22(28)24(29)31-2/h3,5-8,11-14,22-23H,4,9-10,15-18H2,1-2H3/t22?,23-/m0/s1. The van der Waals surface area contributed by atoms with E-state index in [9.17, 15) is 9.59 Å². The number of hydrogen-bond donors (Lipinski definition) is 0. The van der Waals surface area contributed by atoms with Crippen LogP contribution in [-0.2, 0) is 16.0 Å². The van der Waals surface area contributed by atoms with Gasteiger partial charge in [0.2, 0.25) is 0 Å². The first-order valence-corrected chi connectivity index (χ1v) is 11.1. The van der Waals surface area contributed by atoms with Crippen LogP contribution in [0.3, 0.4) is 0 Å². The van der Waals surface area contributed by atoms with Crippen LogP contribution in [0.4, 0.5) is 10.5 Å². The Kier molecular flexibility index (Phi) is 6.56. The Bertz CT molecular complexity index is 911. The van der Waals surface area contributed by atoms with Crippen molar-refractivity contribution >= 4 is 17.7 Å². The molecule has 2 aromatic carbocycles. The van der Waals surface area contributed by atoms with Crippen LogP contribution < -0.4 is 4.90 Å². The molecule has 164 valence electrons. The molecule has 1 unspecified atom stereocenters. The number of benzene rings is 2. The number of nitrogens with zero attached hydrogens (tertiary/aromatic N) is 3. The van der Waals surface area contributed by atoms with Gasteiger partial charge in [-0.3, -0.25) is 4.90 Å². The predicted molar refractivity (Wildman–Crippen MR) is 121 cm³/mol. The summed E-state index contributed by atoms with van der Waals surface area (Å²) >= 11 is 0. The first kappa shape index (κ1) is 21.4. The molecule has 6 nitrogen and oxygen atoms in total. The molecule has 0 spiro atoms. The molecule has 0 aliphatic carbocycles. The van der Waals surface area contributed by atoms with Crippen LogP contribution in [0.5, 0.6) is 0 Å². The van der Waals surface area contributed by atoms with Crippen molar-refractivity contribution in [3.63, 3.8) is 0 Å². The van der Waals surface area contributed by atoms with Crippen molar-refractivity contribution in [3.8, 4) is 0 Å². The lowest BCUT2D eigenvalue weighted by Gasteiger charge is -2.38. The molecule has 2 atom stereocenters. The quantitative estimate of drug-likeness (QED) is 0.688. The number of ether oxygens (including phenoxy) is 1. The molecule has 2 amide bonds. The normalized spacial score (nSPS) is 19.5. The van der Waals surface area contributed by atoms with Gasteiger partial charge < -0.3 is 14.5 Å². The molecule has 0 bridgehead atoms. The highest BCUT2D eigenvalue weighted by Crippen LogP contribution is 2.35. The molecule has 0 saturated carbocycles. The minimum absolute atomic E-state index is 0.0992. The summed E-state index contributed by atoms with van der Waals surface area (Å²) in [6, 6.07) is 17.0. The zero-order valence-electron chi connectivity index (χ0n) is 18.4. The number of fused-ring (bicyclic) bond motifs is 1. The first-order chi connectivity index (χ1) is 15.1. The number of amides is 2. The maximum absolute atomic E-state index is 13.8. The number of esters is 1. The number of hydrogen-bond acceptors (Lipinski definition) is 4. The molecule has 0 radical (unpaired) electrons. The minimum Gasteiger partial charge on any atom is -0.467 e. The summed E-state index contributed by atoms with van der Waals surface area (Å²) in [6.45, 7) is 2.90. The fourth-order valence-corrected chi connectivity index (χ4v) is 4.76. The summed E-state index contributed by atoms with van der Waals surface area (Å²) in [6.07, 6.45) is 4.14. The van der Waals surface area contributed by atoms with Gasteiger partial charge in [-0.25, -0.2) is 9.59 Å². The fourth-order valence-electron chi connectivity index (χ4n) is 4.76. The van der Waals surface area contributed by atoms with Crippen LogP contribution in [-0.4, -0.2) is 61.6 Å². The minimum atomic E-state index is -0.635. The zero-order valence-corrected chi connectivity index (χ0v) is 18.4. The number of carbonyl (C=O) groups excluding carboxylic acids is 2. The number of piperidine rings is 1. The summed E-state index contributed by atoms with van der Waals surface area (Å²) in [5.41, 5.74) is 2.89. The van der Waals surface area contributed by atoms with Gasteiger partial charge in [-0.1, -0.05) is 55.0 Å². The molecule has 31 heavy (non-hydrogen) atoms. The van der Waals surface area contributed by atoms with Gasteiger partial charge in [0.25, 0.3) is 0 Å². The Hall–Kier alpha value is -2.86. The van der Waals surface area contributed by atoms with Crippen LogP contribution in [0, 0.1) is 0 Å². The van der Waals surface area contributed by atoms with Gasteiger partial charge >= 0.3 is 12.0 Å². The zero-order chi connectivity index (χ0) is 21.8. The number of carbonyl (C=O) groups is 2. The van der Waals surface area contributed by atoms with Crippen molar-refractivity contribution in [2.45, 2.75) is 37.8 Å². The molecule has 1 saturated heterocycles. The van der Waals surface area contributed by atoms with Gasteiger partial charge in [-0.15, -0.1) is 0 Å². The molecule has 2 heterocycles. The second kappa shape index (κ2) is 9.52. The molecule has 0 aromatic heterocycles. The predicted octanol–water partition coefficient (Wildman–Crippen LogP) is 3.87. The van der Waals surface area contributed by atoms with Crippen molar-refractivity contribution < 1.29 is 14.3 Å². The second-order valence-corrected chi connectivity index (χ2v) is 8.42.